The Labute approximate surface area is 194 Å². The Morgan fingerprint density at radius 1 is 1.27 bits per heavy atom. The van der Waals surface area contributed by atoms with Crippen molar-refractivity contribution in [2.24, 2.45) is 5.73 Å². The number of benzene rings is 2. The average molecular weight is 494 g/mol. The maximum atomic E-state index is 15.0. The Kier molecular flexibility index (Phi) is 6.12. The predicted molar refractivity (Wildman–Crippen MR) is 121 cm³/mol. The molecule has 0 radical (unpaired) electrons. The van der Waals surface area contributed by atoms with Gasteiger partial charge in [-0.3, -0.25) is 4.79 Å². The van der Waals surface area contributed by atoms with Crippen molar-refractivity contribution >= 4 is 39.0 Å². The summed E-state index contributed by atoms with van der Waals surface area (Å²) in [5.41, 5.74) is 6.42. The van der Waals surface area contributed by atoms with Crippen molar-refractivity contribution in [2.75, 3.05) is 16.0 Å². The smallest absolute Gasteiger partial charge is 0.315 e. The number of fused-ring (bicyclic) bond motifs is 1. The van der Waals surface area contributed by atoms with Gasteiger partial charge in [-0.25, -0.2) is 12.8 Å². The Balaban J connectivity index is 1.86. The van der Waals surface area contributed by atoms with Crippen LogP contribution in [0.4, 0.5) is 16.1 Å². The second-order valence-corrected chi connectivity index (χ2v) is 10.4. The zero-order chi connectivity index (χ0) is 23.9. The molecule has 174 valence electrons. The fourth-order valence-electron chi connectivity index (χ4n) is 3.46. The van der Waals surface area contributed by atoms with Crippen LogP contribution in [0.2, 0.25) is 5.02 Å². The molecule has 3 aromatic rings. The monoisotopic (exact) mass is 493 g/mol. The summed E-state index contributed by atoms with van der Waals surface area (Å²) in [7, 11) is -4.05. The number of anilines is 2. The first-order valence-corrected chi connectivity index (χ1v) is 12.1. The first-order chi connectivity index (χ1) is 15.5. The second-order valence-electron chi connectivity index (χ2n) is 7.95. The molecule has 0 spiro atoms. The highest BCUT2D eigenvalue weighted by molar-refractivity contribution is 7.91. The van der Waals surface area contributed by atoms with Crippen LogP contribution in [0, 0.1) is 5.82 Å². The summed E-state index contributed by atoms with van der Waals surface area (Å²) < 4.78 is 46.4. The molecule has 9 nitrogen and oxygen atoms in total. The molecule has 33 heavy (non-hydrogen) atoms. The van der Waals surface area contributed by atoms with Crippen molar-refractivity contribution < 1.29 is 22.0 Å². The van der Waals surface area contributed by atoms with E-state index in [-0.39, 0.29) is 40.6 Å². The van der Waals surface area contributed by atoms with Gasteiger partial charge in [0.2, 0.25) is 5.91 Å². The molecule has 0 saturated heterocycles. The van der Waals surface area contributed by atoms with Crippen LogP contribution in [0.3, 0.4) is 0 Å². The minimum atomic E-state index is -4.05. The highest BCUT2D eigenvalue weighted by Crippen LogP contribution is 2.37. The van der Waals surface area contributed by atoms with Crippen LogP contribution in [0.1, 0.15) is 19.4 Å². The molecule has 0 unspecified atom stereocenters. The zero-order valence-corrected chi connectivity index (χ0v) is 19.3. The molecule has 0 saturated carbocycles. The van der Waals surface area contributed by atoms with Crippen LogP contribution in [0.25, 0.3) is 11.5 Å². The van der Waals surface area contributed by atoms with E-state index in [1.807, 2.05) is 13.8 Å². The fraction of sp³-hybridized carbons (Fsp3) is 0.286. The van der Waals surface area contributed by atoms with Gasteiger partial charge < -0.3 is 20.4 Å². The molecule has 1 aliphatic rings. The molecule has 0 bridgehead atoms. The van der Waals surface area contributed by atoms with Gasteiger partial charge in [0.1, 0.15) is 5.82 Å². The molecule has 0 fully saturated rings. The van der Waals surface area contributed by atoms with E-state index in [2.05, 4.69) is 15.5 Å². The van der Waals surface area contributed by atoms with Crippen LogP contribution in [0.15, 0.2) is 45.7 Å². The molecule has 12 heteroatoms. The Morgan fingerprint density at radius 2 is 1.97 bits per heavy atom. The van der Waals surface area contributed by atoms with Gasteiger partial charge in [0, 0.05) is 11.1 Å². The van der Waals surface area contributed by atoms with E-state index < -0.39 is 33.4 Å². The topological polar surface area (TPSA) is 131 Å². The van der Waals surface area contributed by atoms with Gasteiger partial charge in [-0.15, -0.1) is 5.10 Å². The van der Waals surface area contributed by atoms with E-state index in [0.717, 1.165) is 6.07 Å². The summed E-state index contributed by atoms with van der Waals surface area (Å²) in [4.78, 5) is 14.0. The standard InChI is InChI=1S/C21H21ClFN5O4S/c1-11(2)25-21-27-26-19(32-21)14-7-17-18(8-15(14)23)33(30,31)10-16(24)20(29)28(17)9-12-3-5-13(22)6-4-12/h3-8,11,16H,9-10,24H2,1-2H3,(H,25,27)/t16-/m0/s1. The molecule has 4 rings (SSSR count). The molecule has 1 amide bonds. The summed E-state index contributed by atoms with van der Waals surface area (Å²) in [6.45, 7) is 3.73. The number of halogens is 2. The van der Waals surface area contributed by atoms with E-state index in [0.29, 0.717) is 10.6 Å². The summed E-state index contributed by atoms with van der Waals surface area (Å²) >= 11 is 5.94. The normalized spacial score (nSPS) is 17.7. The lowest BCUT2D eigenvalue weighted by Crippen LogP contribution is -2.45. The number of hydrogen-bond acceptors (Lipinski definition) is 8. The van der Waals surface area contributed by atoms with Gasteiger partial charge in [0.05, 0.1) is 34.5 Å². The first-order valence-electron chi connectivity index (χ1n) is 10.0. The van der Waals surface area contributed by atoms with Crippen LogP contribution >= 0.6 is 11.6 Å². The van der Waals surface area contributed by atoms with Crippen LogP contribution in [0.5, 0.6) is 0 Å². The lowest BCUT2D eigenvalue weighted by Gasteiger charge is -2.24. The first kappa shape index (κ1) is 23.1. The van der Waals surface area contributed by atoms with Gasteiger partial charge in [-0.05, 0) is 43.7 Å². The summed E-state index contributed by atoms with van der Waals surface area (Å²) in [6.07, 6.45) is 0. The summed E-state index contributed by atoms with van der Waals surface area (Å²) in [6, 6.07) is 7.54. The third-order valence-corrected chi connectivity index (χ3v) is 7.03. The molecule has 3 N–H and O–H groups in total. The minimum Gasteiger partial charge on any atom is -0.403 e. The van der Waals surface area contributed by atoms with E-state index in [9.17, 15) is 13.2 Å². The molecule has 2 aromatic carbocycles. The molecule has 2 heterocycles. The number of carbonyl (C=O) groups excluding carboxylic acids is 1. The van der Waals surface area contributed by atoms with Crippen molar-refractivity contribution in [2.45, 2.75) is 37.4 Å². The molecule has 1 atom stereocenters. The van der Waals surface area contributed by atoms with E-state index >= 15 is 4.39 Å². The lowest BCUT2D eigenvalue weighted by molar-refractivity contribution is -0.119. The SMILES string of the molecule is CC(C)Nc1nnc(-c2cc3c(cc2F)S(=O)(=O)C[C@H](N)C(=O)N3Cc2ccc(Cl)cc2)o1. The van der Waals surface area contributed by atoms with Crippen molar-refractivity contribution in [1.82, 2.24) is 10.2 Å². The highest BCUT2D eigenvalue weighted by Gasteiger charge is 2.37. The molecular weight excluding hydrogens is 473 g/mol. The summed E-state index contributed by atoms with van der Waals surface area (Å²) in [5, 5.41) is 11.1. The minimum absolute atomic E-state index is 0.00127. The largest absolute Gasteiger partial charge is 0.403 e. The third-order valence-electron chi connectivity index (χ3n) is 4.98. The number of amides is 1. The van der Waals surface area contributed by atoms with Crippen molar-refractivity contribution in [3.8, 4) is 11.5 Å². The van der Waals surface area contributed by atoms with Gasteiger partial charge in [0.25, 0.3) is 5.89 Å². The third kappa shape index (κ3) is 4.70. The van der Waals surface area contributed by atoms with Gasteiger partial charge >= 0.3 is 6.01 Å². The number of nitrogens with two attached hydrogens (primary N) is 1. The average Bonchev–Trinajstić information content (AvgIpc) is 3.17. The molecule has 0 aliphatic carbocycles. The Hall–Kier alpha value is -3.02. The number of nitrogens with one attached hydrogen (secondary N) is 1. The van der Waals surface area contributed by atoms with Crippen LogP contribution in [-0.4, -0.2) is 42.4 Å². The van der Waals surface area contributed by atoms with Gasteiger partial charge in [-0.1, -0.05) is 28.8 Å². The molecule has 1 aromatic heterocycles. The zero-order valence-electron chi connectivity index (χ0n) is 17.7. The Bertz CT molecular complexity index is 1310. The molecule has 1 aliphatic heterocycles. The van der Waals surface area contributed by atoms with Crippen LogP contribution < -0.4 is 16.0 Å². The summed E-state index contributed by atoms with van der Waals surface area (Å²) in [5.74, 6) is -2.30. The lowest BCUT2D eigenvalue weighted by atomic mass is 10.1. The quantitative estimate of drug-likeness (QED) is 0.554. The fourth-order valence-corrected chi connectivity index (χ4v) is 5.15. The van der Waals surface area contributed by atoms with E-state index in [1.54, 1.807) is 24.3 Å². The second kappa shape index (κ2) is 8.73. The number of carbonyl (C=O) groups is 1. The van der Waals surface area contributed by atoms with Crippen molar-refractivity contribution in [3.63, 3.8) is 0 Å². The molecular formula is C21H21ClFN5O4S. The van der Waals surface area contributed by atoms with E-state index in [1.165, 1.54) is 11.0 Å². The number of aromatic nitrogens is 2. The van der Waals surface area contributed by atoms with E-state index in [4.69, 9.17) is 21.8 Å². The highest BCUT2D eigenvalue weighted by atomic mass is 35.5. The predicted octanol–water partition coefficient (Wildman–Crippen LogP) is 3.00. The Morgan fingerprint density at radius 3 is 2.64 bits per heavy atom. The van der Waals surface area contributed by atoms with Gasteiger partial charge in [-0.2, -0.15) is 0 Å². The number of nitrogens with zero attached hydrogens (tertiary/aromatic N) is 3. The van der Waals surface area contributed by atoms with Crippen molar-refractivity contribution in [3.05, 3.63) is 52.8 Å². The van der Waals surface area contributed by atoms with Gasteiger partial charge in [0.15, 0.2) is 9.84 Å². The van der Waals surface area contributed by atoms with Crippen LogP contribution in [-0.2, 0) is 21.2 Å². The maximum absolute atomic E-state index is 15.0. The van der Waals surface area contributed by atoms with Crippen molar-refractivity contribution in [1.29, 1.82) is 0 Å². The number of rotatable bonds is 5. The maximum Gasteiger partial charge on any atom is 0.315 e. The number of sulfone groups is 1. The number of hydrogen-bond donors (Lipinski definition) is 2.